The van der Waals surface area contributed by atoms with Crippen LogP contribution in [0.15, 0.2) is 60.4 Å². The second-order valence-electron chi connectivity index (χ2n) is 6.61. The van der Waals surface area contributed by atoms with E-state index >= 15 is 0 Å². The zero-order chi connectivity index (χ0) is 19.7. The quantitative estimate of drug-likeness (QED) is 0.699. The van der Waals surface area contributed by atoms with Crippen LogP contribution in [-0.2, 0) is 13.5 Å². The largest absolute Gasteiger partial charge is 0.497 e. The first-order valence-corrected chi connectivity index (χ1v) is 9.26. The Balaban J connectivity index is 1.72. The van der Waals surface area contributed by atoms with E-state index in [0.29, 0.717) is 29.3 Å². The second-order valence-corrected chi connectivity index (χ2v) is 7.02. The van der Waals surface area contributed by atoms with Crippen molar-refractivity contribution in [3.63, 3.8) is 0 Å². The molecule has 2 heterocycles. The molecule has 4 rings (SSSR count). The van der Waals surface area contributed by atoms with Gasteiger partial charge in [0.05, 0.1) is 30.1 Å². The van der Waals surface area contributed by atoms with Gasteiger partial charge >= 0.3 is 0 Å². The summed E-state index contributed by atoms with van der Waals surface area (Å²) >= 11 is 6.37. The van der Waals surface area contributed by atoms with Crippen molar-refractivity contribution in [3.05, 3.63) is 82.5 Å². The van der Waals surface area contributed by atoms with Gasteiger partial charge in [0.2, 0.25) is 0 Å². The van der Waals surface area contributed by atoms with Gasteiger partial charge in [-0.2, -0.15) is 5.10 Å². The maximum atomic E-state index is 14.8. The van der Waals surface area contributed by atoms with Crippen LogP contribution in [0.5, 0.6) is 5.75 Å². The van der Waals surface area contributed by atoms with Crippen LogP contribution in [0.2, 0.25) is 5.02 Å². The summed E-state index contributed by atoms with van der Waals surface area (Å²) in [4.78, 5) is 0. The van der Waals surface area contributed by atoms with Crippen LogP contribution in [0, 0.1) is 5.82 Å². The zero-order valence-corrected chi connectivity index (χ0v) is 16.4. The number of halogens is 2. The summed E-state index contributed by atoms with van der Waals surface area (Å²) in [5, 5.41) is 7.01. The Morgan fingerprint density at radius 2 is 2.04 bits per heavy atom. The minimum Gasteiger partial charge on any atom is -0.497 e. The number of aromatic nitrogens is 2. The van der Waals surface area contributed by atoms with Gasteiger partial charge in [0.15, 0.2) is 0 Å². The first-order valence-electron chi connectivity index (χ1n) is 8.88. The van der Waals surface area contributed by atoms with Crippen molar-refractivity contribution >= 4 is 22.9 Å². The molecule has 0 radical (unpaired) electrons. The van der Waals surface area contributed by atoms with E-state index in [4.69, 9.17) is 16.3 Å². The number of hydrogen-bond donors (Lipinski definition) is 1. The third kappa shape index (κ3) is 3.55. The van der Waals surface area contributed by atoms with Gasteiger partial charge in [0.1, 0.15) is 11.6 Å². The fourth-order valence-corrected chi connectivity index (χ4v) is 3.58. The van der Waals surface area contributed by atoms with Crippen molar-refractivity contribution in [2.75, 3.05) is 18.7 Å². The fraction of sp³-hybridized carbons (Fsp3) is 0.190. The molecule has 0 spiro atoms. The van der Waals surface area contributed by atoms with Crippen LogP contribution in [0.3, 0.4) is 0 Å². The lowest BCUT2D eigenvalue weighted by Crippen LogP contribution is -2.32. The SMILES string of the molecule is COc1ccc(C2=C(Cc3ccn(C)n3)NN(c3ccccc3Cl)C2)c(F)c1. The summed E-state index contributed by atoms with van der Waals surface area (Å²) in [6.45, 7) is 0.481. The number of allylic oxidation sites excluding steroid dienone is 1. The van der Waals surface area contributed by atoms with E-state index < -0.39 is 0 Å². The van der Waals surface area contributed by atoms with Gasteiger partial charge in [0, 0.05) is 42.6 Å². The van der Waals surface area contributed by atoms with Gasteiger partial charge in [-0.25, -0.2) is 4.39 Å². The number of nitrogens with one attached hydrogen (secondary N) is 1. The van der Waals surface area contributed by atoms with E-state index in [1.54, 1.807) is 16.8 Å². The summed E-state index contributed by atoms with van der Waals surface area (Å²) in [7, 11) is 3.40. The van der Waals surface area contributed by atoms with Gasteiger partial charge in [-0.1, -0.05) is 23.7 Å². The smallest absolute Gasteiger partial charge is 0.134 e. The summed E-state index contributed by atoms with van der Waals surface area (Å²) in [5.41, 5.74) is 7.43. The number of benzene rings is 2. The standard InChI is InChI=1S/C21H20ClFN4O/c1-26-10-9-14(24-26)11-20-17(16-8-7-15(28-2)12-19(16)23)13-27(25-20)21-6-4-3-5-18(21)22/h3-10,12,25H,11,13H2,1-2H3. The lowest BCUT2D eigenvalue weighted by Gasteiger charge is -2.21. The summed E-state index contributed by atoms with van der Waals surface area (Å²) < 4.78 is 21.7. The van der Waals surface area contributed by atoms with Crippen molar-refractivity contribution in [1.82, 2.24) is 15.2 Å². The Hall–Kier alpha value is -2.99. The lowest BCUT2D eigenvalue weighted by atomic mass is 10.0. The predicted octanol–water partition coefficient (Wildman–Crippen LogP) is 4.20. The molecule has 0 fully saturated rings. The maximum Gasteiger partial charge on any atom is 0.134 e. The van der Waals surface area contributed by atoms with Crippen molar-refractivity contribution in [2.24, 2.45) is 7.05 Å². The molecule has 0 unspecified atom stereocenters. The molecule has 0 bridgehead atoms. The molecule has 7 heteroatoms. The topological polar surface area (TPSA) is 42.3 Å². The van der Waals surface area contributed by atoms with Crippen LogP contribution in [0.1, 0.15) is 11.3 Å². The lowest BCUT2D eigenvalue weighted by molar-refractivity contribution is 0.411. The van der Waals surface area contributed by atoms with E-state index in [1.165, 1.54) is 13.2 Å². The first-order chi connectivity index (χ1) is 13.5. The summed E-state index contributed by atoms with van der Waals surface area (Å²) in [6.07, 6.45) is 2.45. The molecule has 1 aromatic heterocycles. The van der Waals surface area contributed by atoms with Gasteiger partial charge in [0.25, 0.3) is 0 Å². The number of hydrazine groups is 1. The van der Waals surface area contributed by atoms with Crippen LogP contribution in [0.25, 0.3) is 5.57 Å². The van der Waals surface area contributed by atoms with Gasteiger partial charge in [-0.15, -0.1) is 0 Å². The van der Waals surface area contributed by atoms with Gasteiger partial charge in [-0.05, 0) is 30.3 Å². The number of nitrogens with zero attached hydrogens (tertiary/aromatic N) is 3. The number of ether oxygens (including phenoxy) is 1. The molecule has 0 amide bonds. The zero-order valence-electron chi connectivity index (χ0n) is 15.6. The molecule has 0 saturated carbocycles. The predicted molar refractivity (Wildman–Crippen MR) is 109 cm³/mol. The van der Waals surface area contributed by atoms with Gasteiger partial charge in [-0.3, -0.25) is 9.69 Å². The van der Waals surface area contributed by atoms with Crippen LogP contribution < -0.4 is 15.2 Å². The van der Waals surface area contributed by atoms with Crippen molar-refractivity contribution in [3.8, 4) is 5.75 Å². The molecule has 0 aliphatic carbocycles. The van der Waals surface area contributed by atoms with Crippen LogP contribution in [0.4, 0.5) is 10.1 Å². The highest BCUT2D eigenvalue weighted by molar-refractivity contribution is 6.33. The molecule has 1 aliphatic heterocycles. The molecule has 0 saturated heterocycles. The Labute approximate surface area is 168 Å². The minimum atomic E-state index is -0.323. The number of aryl methyl sites for hydroxylation is 1. The summed E-state index contributed by atoms with van der Waals surface area (Å²) in [6, 6.07) is 14.4. The molecule has 3 aromatic rings. The van der Waals surface area contributed by atoms with Crippen LogP contribution in [-0.4, -0.2) is 23.4 Å². The molecule has 2 aromatic carbocycles. The van der Waals surface area contributed by atoms with Crippen molar-refractivity contribution in [1.29, 1.82) is 0 Å². The second kappa shape index (κ2) is 7.56. The van der Waals surface area contributed by atoms with Gasteiger partial charge < -0.3 is 10.2 Å². The average molecular weight is 399 g/mol. The molecule has 1 N–H and O–H groups in total. The molecular weight excluding hydrogens is 379 g/mol. The van der Waals surface area contributed by atoms with E-state index in [0.717, 1.165) is 22.7 Å². The number of methoxy groups -OCH3 is 1. The number of anilines is 1. The molecule has 5 nitrogen and oxygen atoms in total. The van der Waals surface area contributed by atoms with E-state index in [9.17, 15) is 4.39 Å². The highest BCUT2D eigenvalue weighted by Gasteiger charge is 2.26. The third-order valence-corrected chi connectivity index (χ3v) is 5.04. The molecule has 1 aliphatic rings. The number of rotatable bonds is 5. The van der Waals surface area contributed by atoms with E-state index in [-0.39, 0.29) is 5.82 Å². The molecule has 144 valence electrons. The summed E-state index contributed by atoms with van der Waals surface area (Å²) in [5.74, 6) is 0.165. The Bertz CT molecular complexity index is 1050. The Kier molecular flexibility index (Phi) is 4.96. The van der Waals surface area contributed by atoms with Crippen LogP contribution >= 0.6 is 11.6 Å². The normalized spacial score (nSPS) is 13.8. The first kappa shape index (κ1) is 18.4. The monoisotopic (exact) mass is 398 g/mol. The number of para-hydroxylation sites is 1. The van der Waals surface area contributed by atoms with E-state index in [2.05, 4.69) is 10.5 Å². The Morgan fingerprint density at radius 1 is 1.21 bits per heavy atom. The third-order valence-electron chi connectivity index (χ3n) is 4.72. The molecule has 28 heavy (non-hydrogen) atoms. The van der Waals surface area contributed by atoms with Crippen molar-refractivity contribution in [2.45, 2.75) is 6.42 Å². The maximum absolute atomic E-state index is 14.8. The minimum absolute atomic E-state index is 0.323. The Morgan fingerprint density at radius 3 is 2.71 bits per heavy atom. The van der Waals surface area contributed by atoms with Crippen molar-refractivity contribution < 1.29 is 9.13 Å². The van der Waals surface area contributed by atoms with E-state index in [1.807, 2.05) is 48.6 Å². The highest BCUT2D eigenvalue weighted by Crippen LogP contribution is 2.34. The average Bonchev–Trinajstić information content (AvgIpc) is 3.28. The highest BCUT2D eigenvalue weighted by atomic mass is 35.5. The molecule has 0 atom stereocenters. The number of hydrogen-bond acceptors (Lipinski definition) is 4. The fourth-order valence-electron chi connectivity index (χ4n) is 3.34. The molecular formula is C21H20ClFN4O.